The molecule has 6 heteroatoms. The molecule has 23 heavy (non-hydrogen) atoms. The van der Waals surface area contributed by atoms with E-state index in [2.05, 4.69) is 24.5 Å². The van der Waals surface area contributed by atoms with Crippen LogP contribution in [0.15, 0.2) is 0 Å². The van der Waals surface area contributed by atoms with Gasteiger partial charge in [-0.05, 0) is 31.6 Å². The standard InChI is InChI=1S/C17H32N2O4/c1-5-13(18-15(20)8-7-12(3)4)11-14(6-2)19-16(21)9-10-17(22)23/h12-14H,5-11H2,1-4H3,(H,18,20)(H,19,21)(H,22,23). The first-order chi connectivity index (χ1) is 10.8. The van der Waals surface area contributed by atoms with E-state index in [-0.39, 0.29) is 36.7 Å². The lowest BCUT2D eigenvalue weighted by Crippen LogP contribution is -2.42. The van der Waals surface area contributed by atoms with Gasteiger partial charge in [0.15, 0.2) is 0 Å². The fraction of sp³-hybridized carbons (Fsp3) is 0.824. The monoisotopic (exact) mass is 328 g/mol. The van der Waals surface area contributed by atoms with Crippen LogP contribution < -0.4 is 10.6 Å². The summed E-state index contributed by atoms with van der Waals surface area (Å²) in [5, 5.41) is 14.5. The van der Waals surface area contributed by atoms with E-state index in [1.807, 2.05) is 13.8 Å². The van der Waals surface area contributed by atoms with Crippen molar-refractivity contribution in [1.82, 2.24) is 10.6 Å². The second-order valence-electron chi connectivity index (χ2n) is 6.41. The van der Waals surface area contributed by atoms with Crippen LogP contribution in [0.2, 0.25) is 0 Å². The molecule has 0 aromatic rings. The van der Waals surface area contributed by atoms with Gasteiger partial charge in [0.2, 0.25) is 11.8 Å². The third kappa shape index (κ3) is 11.6. The van der Waals surface area contributed by atoms with Gasteiger partial charge in [0.05, 0.1) is 6.42 Å². The highest BCUT2D eigenvalue weighted by Crippen LogP contribution is 2.09. The van der Waals surface area contributed by atoms with Crippen molar-refractivity contribution in [2.45, 2.75) is 84.7 Å². The predicted octanol–water partition coefficient (Wildman–Crippen LogP) is 2.47. The van der Waals surface area contributed by atoms with Crippen LogP contribution in [0.5, 0.6) is 0 Å². The Hall–Kier alpha value is -1.59. The number of hydrogen-bond donors (Lipinski definition) is 3. The fourth-order valence-electron chi connectivity index (χ4n) is 2.24. The van der Waals surface area contributed by atoms with Crippen molar-refractivity contribution in [2.24, 2.45) is 5.92 Å². The molecule has 0 rings (SSSR count). The van der Waals surface area contributed by atoms with Gasteiger partial charge in [-0.3, -0.25) is 14.4 Å². The molecule has 0 heterocycles. The summed E-state index contributed by atoms with van der Waals surface area (Å²) in [5.41, 5.74) is 0. The molecule has 3 N–H and O–H groups in total. The summed E-state index contributed by atoms with van der Waals surface area (Å²) >= 11 is 0. The molecule has 0 aromatic carbocycles. The summed E-state index contributed by atoms with van der Waals surface area (Å²) < 4.78 is 0. The Bertz CT molecular complexity index is 383. The van der Waals surface area contributed by atoms with E-state index in [1.165, 1.54) is 0 Å². The van der Waals surface area contributed by atoms with Gasteiger partial charge in [-0.1, -0.05) is 27.7 Å². The van der Waals surface area contributed by atoms with Gasteiger partial charge in [-0.15, -0.1) is 0 Å². The Labute approximate surface area is 139 Å². The molecule has 2 atom stereocenters. The summed E-state index contributed by atoms with van der Waals surface area (Å²) in [5.74, 6) is -0.673. The molecule has 0 spiro atoms. The fourth-order valence-corrected chi connectivity index (χ4v) is 2.24. The predicted molar refractivity (Wildman–Crippen MR) is 90.0 cm³/mol. The van der Waals surface area contributed by atoms with Crippen LogP contribution >= 0.6 is 0 Å². The van der Waals surface area contributed by atoms with Crippen LogP contribution in [0.1, 0.15) is 72.6 Å². The zero-order valence-electron chi connectivity index (χ0n) is 14.9. The third-order valence-electron chi connectivity index (χ3n) is 3.80. The van der Waals surface area contributed by atoms with Crippen molar-refractivity contribution < 1.29 is 19.5 Å². The maximum Gasteiger partial charge on any atom is 0.303 e. The molecule has 0 saturated heterocycles. The van der Waals surface area contributed by atoms with Gasteiger partial charge in [0, 0.05) is 24.9 Å². The lowest BCUT2D eigenvalue weighted by Gasteiger charge is -2.24. The largest absolute Gasteiger partial charge is 0.481 e. The van der Waals surface area contributed by atoms with Gasteiger partial charge in [0.25, 0.3) is 0 Å². The molecule has 2 unspecified atom stereocenters. The van der Waals surface area contributed by atoms with Crippen molar-refractivity contribution in [1.29, 1.82) is 0 Å². The highest BCUT2D eigenvalue weighted by atomic mass is 16.4. The minimum absolute atomic E-state index is 0.0105. The third-order valence-corrected chi connectivity index (χ3v) is 3.80. The molecular weight excluding hydrogens is 296 g/mol. The Kier molecular flexibility index (Phi) is 11.1. The van der Waals surface area contributed by atoms with Crippen molar-refractivity contribution in [2.75, 3.05) is 0 Å². The molecule has 0 aliphatic carbocycles. The van der Waals surface area contributed by atoms with Crippen LogP contribution in [0.4, 0.5) is 0 Å². The van der Waals surface area contributed by atoms with Gasteiger partial charge < -0.3 is 15.7 Å². The second-order valence-corrected chi connectivity index (χ2v) is 6.41. The van der Waals surface area contributed by atoms with E-state index in [9.17, 15) is 14.4 Å². The summed E-state index contributed by atoms with van der Waals surface area (Å²) in [6.45, 7) is 8.15. The maximum atomic E-state index is 11.9. The molecule has 0 saturated carbocycles. The summed E-state index contributed by atoms with van der Waals surface area (Å²) in [6, 6.07) is -0.0222. The zero-order chi connectivity index (χ0) is 17.8. The second kappa shape index (κ2) is 11.9. The molecule has 0 aromatic heterocycles. The summed E-state index contributed by atoms with van der Waals surface area (Å²) in [6.07, 6.45) is 3.43. The molecule has 0 bridgehead atoms. The van der Waals surface area contributed by atoms with Gasteiger partial charge in [-0.2, -0.15) is 0 Å². The first-order valence-corrected chi connectivity index (χ1v) is 8.58. The topological polar surface area (TPSA) is 95.5 Å². The van der Waals surface area contributed by atoms with Crippen LogP contribution in [0.25, 0.3) is 0 Å². The smallest absolute Gasteiger partial charge is 0.303 e. The van der Waals surface area contributed by atoms with Crippen molar-refractivity contribution in [3.63, 3.8) is 0 Å². The molecular formula is C17H32N2O4. The van der Waals surface area contributed by atoms with Crippen molar-refractivity contribution in [3.8, 4) is 0 Å². The van der Waals surface area contributed by atoms with E-state index in [1.54, 1.807) is 0 Å². The highest BCUT2D eigenvalue weighted by Gasteiger charge is 2.18. The average Bonchev–Trinajstić information content (AvgIpc) is 2.49. The van der Waals surface area contributed by atoms with Crippen LogP contribution in [-0.4, -0.2) is 35.0 Å². The van der Waals surface area contributed by atoms with Gasteiger partial charge >= 0.3 is 5.97 Å². The Morgan fingerprint density at radius 2 is 1.35 bits per heavy atom. The van der Waals surface area contributed by atoms with E-state index < -0.39 is 5.97 Å². The summed E-state index contributed by atoms with van der Waals surface area (Å²) in [4.78, 5) is 34.1. The Morgan fingerprint density at radius 1 is 0.870 bits per heavy atom. The van der Waals surface area contributed by atoms with Crippen molar-refractivity contribution >= 4 is 17.8 Å². The minimum Gasteiger partial charge on any atom is -0.481 e. The number of carbonyl (C=O) groups is 3. The number of amides is 2. The van der Waals surface area contributed by atoms with Gasteiger partial charge in [0.1, 0.15) is 0 Å². The first-order valence-electron chi connectivity index (χ1n) is 8.58. The molecule has 6 nitrogen and oxygen atoms in total. The lowest BCUT2D eigenvalue weighted by atomic mass is 10.0. The van der Waals surface area contributed by atoms with Gasteiger partial charge in [-0.25, -0.2) is 0 Å². The summed E-state index contributed by atoms with van der Waals surface area (Å²) in [7, 11) is 0. The SMILES string of the molecule is CCC(CC(CC)NC(=O)CCC(C)C)NC(=O)CCC(=O)O. The minimum atomic E-state index is -0.975. The Balaban J connectivity index is 4.30. The molecule has 0 aliphatic heterocycles. The number of hydrogen-bond acceptors (Lipinski definition) is 3. The molecule has 0 fully saturated rings. The molecule has 0 radical (unpaired) electrons. The number of carboxylic acids is 1. The molecule has 2 amide bonds. The zero-order valence-corrected chi connectivity index (χ0v) is 14.9. The van der Waals surface area contributed by atoms with Crippen LogP contribution in [0.3, 0.4) is 0 Å². The average molecular weight is 328 g/mol. The van der Waals surface area contributed by atoms with E-state index in [4.69, 9.17) is 5.11 Å². The normalized spacial score (nSPS) is 13.4. The number of carboxylic acid groups (broad SMARTS) is 1. The lowest BCUT2D eigenvalue weighted by molar-refractivity contribution is -0.139. The van der Waals surface area contributed by atoms with Crippen LogP contribution in [-0.2, 0) is 14.4 Å². The molecule has 0 aliphatic rings. The number of nitrogens with one attached hydrogen (secondary N) is 2. The first kappa shape index (κ1) is 21.4. The number of aliphatic carboxylic acids is 1. The van der Waals surface area contributed by atoms with E-state index >= 15 is 0 Å². The number of rotatable bonds is 12. The van der Waals surface area contributed by atoms with Crippen molar-refractivity contribution in [3.05, 3.63) is 0 Å². The Morgan fingerprint density at radius 3 is 1.74 bits per heavy atom. The van der Waals surface area contributed by atoms with E-state index in [0.717, 1.165) is 19.3 Å². The quantitative estimate of drug-likeness (QED) is 0.513. The highest BCUT2D eigenvalue weighted by molar-refractivity contribution is 5.80. The maximum absolute atomic E-state index is 11.9. The number of carbonyl (C=O) groups excluding carboxylic acids is 2. The van der Waals surface area contributed by atoms with E-state index in [0.29, 0.717) is 18.8 Å². The molecule has 134 valence electrons. The van der Waals surface area contributed by atoms with Crippen LogP contribution in [0, 0.1) is 5.92 Å².